The Morgan fingerprint density at radius 3 is 2.80 bits per heavy atom. The molecule has 1 N–H and O–H groups in total. The lowest BCUT2D eigenvalue weighted by Crippen LogP contribution is -2.45. The molecule has 6 heteroatoms. The van der Waals surface area contributed by atoms with E-state index in [1.165, 1.54) is 0 Å². The third kappa shape index (κ3) is 2.55. The quantitative estimate of drug-likeness (QED) is 0.910. The predicted octanol–water partition coefficient (Wildman–Crippen LogP) is 1.73. The molecule has 0 spiro atoms. The largest absolute Gasteiger partial charge is 0.481 e. The minimum atomic E-state index is -0.842. The number of hydrogen-bond acceptors (Lipinski definition) is 4. The third-order valence-electron chi connectivity index (χ3n) is 4.03. The number of hydrogen-bond donors (Lipinski definition) is 1. The first kappa shape index (κ1) is 13.1. The highest BCUT2D eigenvalue weighted by molar-refractivity contribution is 5.92. The van der Waals surface area contributed by atoms with E-state index in [1.807, 2.05) is 6.92 Å². The first-order chi connectivity index (χ1) is 9.54. The van der Waals surface area contributed by atoms with Crippen LogP contribution in [0.4, 0.5) is 0 Å². The zero-order valence-corrected chi connectivity index (χ0v) is 11.4. The summed E-state index contributed by atoms with van der Waals surface area (Å²) in [6, 6.07) is 1.70. The van der Waals surface area contributed by atoms with Crippen LogP contribution in [0.5, 0.6) is 0 Å². The standard InChI is InChI=1S/C14H18N2O4/c1-8-4-10(14(18)19)7-16(6-8)13(17)12-5-11(15-20-12)9-2-3-9/h5,8-10H,2-4,6-7H2,1H3,(H,18,19). The van der Waals surface area contributed by atoms with Crippen LogP contribution >= 0.6 is 0 Å². The van der Waals surface area contributed by atoms with Crippen molar-refractivity contribution in [2.45, 2.75) is 32.1 Å². The number of rotatable bonds is 3. The predicted molar refractivity (Wildman–Crippen MR) is 69.3 cm³/mol. The Balaban J connectivity index is 1.72. The van der Waals surface area contributed by atoms with Crippen LogP contribution in [0.3, 0.4) is 0 Å². The lowest BCUT2D eigenvalue weighted by atomic mass is 9.90. The Morgan fingerprint density at radius 1 is 1.40 bits per heavy atom. The first-order valence-electron chi connectivity index (χ1n) is 7.03. The number of aromatic nitrogens is 1. The van der Waals surface area contributed by atoms with Gasteiger partial charge in [-0.25, -0.2) is 0 Å². The number of piperidine rings is 1. The molecule has 20 heavy (non-hydrogen) atoms. The van der Waals surface area contributed by atoms with Crippen molar-refractivity contribution >= 4 is 11.9 Å². The summed E-state index contributed by atoms with van der Waals surface area (Å²) in [5.41, 5.74) is 0.841. The highest BCUT2D eigenvalue weighted by atomic mass is 16.5. The second-order valence-corrected chi connectivity index (χ2v) is 5.98. The molecule has 3 rings (SSSR count). The molecular weight excluding hydrogens is 260 g/mol. The average molecular weight is 278 g/mol. The van der Waals surface area contributed by atoms with Gasteiger partial charge in [-0.1, -0.05) is 12.1 Å². The van der Waals surface area contributed by atoms with E-state index in [2.05, 4.69) is 5.16 Å². The van der Waals surface area contributed by atoms with Gasteiger partial charge in [-0.3, -0.25) is 9.59 Å². The molecule has 2 aliphatic rings. The van der Waals surface area contributed by atoms with Crippen molar-refractivity contribution in [1.82, 2.24) is 10.1 Å². The smallest absolute Gasteiger partial charge is 0.308 e. The van der Waals surface area contributed by atoms with Crippen LogP contribution in [-0.4, -0.2) is 40.1 Å². The minimum Gasteiger partial charge on any atom is -0.481 e. The molecule has 1 saturated heterocycles. The fraction of sp³-hybridized carbons (Fsp3) is 0.643. The van der Waals surface area contributed by atoms with E-state index >= 15 is 0 Å². The molecule has 1 saturated carbocycles. The maximum Gasteiger partial charge on any atom is 0.308 e. The van der Waals surface area contributed by atoms with Crippen molar-refractivity contribution in [2.75, 3.05) is 13.1 Å². The van der Waals surface area contributed by atoms with Crippen molar-refractivity contribution in [3.8, 4) is 0 Å². The molecule has 2 unspecified atom stereocenters. The Bertz CT molecular complexity index is 535. The Kier molecular flexibility index (Phi) is 3.23. The fourth-order valence-corrected chi connectivity index (χ4v) is 2.81. The monoisotopic (exact) mass is 278 g/mol. The summed E-state index contributed by atoms with van der Waals surface area (Å²) in [7, 11) is 0. The molecule has 1 aliphatic carbocycles. The maximum atomic E-state index is 12.4. The summed E-state index contributed by atoms with van der Waals surface area (Å²) in [5.74, 6) is -0.738. The van der Waals surface area contributed by atoms with Crippen LogP contribution < -0.4 is 0 Å². The summed E-state index contributed by atoms with van der Waals surface area (Å²) in [6.07, 6.45) is 2.81. The topological polar surface area (TPSA) is 83.6 Å². The maximum absolute atomic E-state index is 12.4. The van der Waals surface area contributed by atoms with Crippen LogP contribution in [0.2, 0.25) is 0 Å². The van der Waals surface area contributed by atoms with Gasteiger partial charge < -0.3 is 14.5 Å². The average Bonchev–Trinajstić information content (AvgIpc) is 3.15. The molecule has 0 bridgehead atoms. The van der Waals surface area contributed by atoms with Crippen molar-refractivity contribution in [1.29, 1.82) is 0 Å². The lowest BCUT2D eigenvalue weighted by Gasteiger charge is -2.33. The number of nitrogens with zero attached hydrogens (tertiary/aromatic N) is 2. The van der Waals surface area contributed by atoms with Crippen molar-refractivity contribution in [3.63, 3.8) is 0 Å². The van der Waals surface area contributed by atoms with Gasteiger partial charge in [-0.15, -0.1) is 0 Å². The second kappa shape index (κ2) is 4.92. The van der Waals surface area contributed by atoms with E-state index in [9.17, 15) is 9.59 Å². The number of aliphatic carboxylic acids is 1. The van der Waals surface area contributed by atoms with Crippen LogP contribution in [0.1, 0.15) is 48.4 Å². The number of amides is 1. The van der Waals surface area contributed by atoms with Gasteiger partial charge in [-0.05, 0) is 25.2 Å². The third-order valence-corrected chi connectivity index (χ3v) is 4.03. The number of carboxylic acid groups (broad SMARTS) is 1. The van der Waals surface area contributed by atoms with Gasteiger partial charge >= 0.3 is 5.97 Å². The second-order valence-electron chi connectivity index (χ2n) is 5.98. The van der Waals surface area contributed by atoms with Crippen LogP contribution in [0.25, 0.3) is 0 Å². The summed E-state index contributed by atoms with van der Waals surface area (Å²) < 4.78 is 5.12. The Morgan fingerprint density at radius 2 is 2.15 bits per heavy atom. The normalized spacial score (nSPS) is 26.6. The zero-order valence-electron chi connectivity index (χ0n) is 11.4. The Hall–Kier alpha value is -1.85. The fourth-order valence-electron chi connectivity index (χ4n) is 2.81. The van der Waals surface area contributed by atoms with Gasteiger partial charge in [0.1, 0.15) is 0 Å². The number of carbonyl (C=O) groups excluding carboxylic acids is 1. The highest BCUT2D eigenvalue weighted by Gasteiger charge is 2.34. The highest BCUT2D eigenvalue weighted by Crippen LogP contribution is 2.39. The summed E-state index contributed by atoms with van der Waals surface area (Å²) in [4.78, 5) is 25.1. The van der Waals surface area contributed by atoms with Gasteiger partial charge in [0.25, 0.3) is 5.91 Å². The van der Waals surface area contributed by atoms with Crippen molar-refractivity contribution < 1.29 is 19.2 Å². The van der Waals surface area contributed by atoms with Crippen LogP contribution in [0, 0.1) is 11.8 Å². The van der Waals surface area contributed by atoms with Crippen LogP contribution in [0.15, 0.2) is 10.6 Å². The van der Waals surface area contributed by atoms with E-state index in [1.54, 1.807) is 11.0 Å². The van der Waals surface area contributed by atoms with E-state index in [4.69, 9.17) is 9.63 Å². The lowest BCUT2D eigenvalue weighted by molar-refractivity contribution is -0.143. The number of carbonyl (C=O) groups is 2. The first-order valence-corrected chi connectivity index (χ1v) is 7.03. The molecule has 2 fully saturated rings. The van der Waals surface area contributed by atoms with Gasteiger partial charge in [0.15, 0.2) is 0 Å². The van der Waals surface area contributed by atoms with Gasteiger partial charge in [0, 0.05) is 25.1 Å². The molecule has 1 amide bonds. The van der Waals surface area contributed by atoms with Gasteiger partial charge in [0.05, 0.1) is 11.6 Å². The molecule has 2 atom stereocenters. The molecule has 108 valence electrons. The minimum absolute atomic E-state index is 0.180. The molecule has 1 aromatic rings. The number of likely N-dealkylation sites (tertiary alicyclic amines) is 1. The molecule has 0 radical (unpaired) electrons. The van der Waals surface area contributed by atoms with Crippen molar-refractivity contribution in [3.05, 3.63) is 17.5 Å². The molecular formula is C14H18N2O4. The Labute approximate surface area is 116 Å². The van der Waals surface area contributed by atoms with Gasteiger partial charge in [0.2, 0.25) is 5.76 Å². The SMILES string of the molecule is CC1CC(C(=O)O)CN(C(=O)c2cc(C3CC3)no2)C1. The molecule has 1 aromatic heterocycles. The molecule has 1 aliphatic heterocycles. The number of carboxylic acids is 1. The molecule has 0 aromatic carbocycles. The van der Waals surface area contributed by atoms with E-state index in [0.717, 1.165) is 18.5 Å². The van der Waals surface area contributed by atoms with Crippen LogP contribution in [-0.2, 0) is 4.79 Å². The molecule has 2 heterocycles. The van der Waals surface area contributed by atoms with Gasteiger partial charge in [-0.2, -0.15) is 0 Å². The molecule has 6 nitrogen and oxygen atoms in total. The summed E-state index contributed by atoms with van der Waals surface area (Å²) in [6.45, 7) is 2.78. The summed E-state index contributed by atoms with van der Waals surface area (Å²) in [5, 5.41) is 13.1. The van der Waals surface area contributed by atoms with E-state index in [-0.39, 0.29) is 24.1 Å². The van der Waals surface area contributed by atoms with Crippen molar-refractivity contribution in [2.24, 2.45) is 11.8 Å². The summed E-state index contributed by atoms with van der Waals surface area (Å²) >= 11 is 0. The van der Waals surface area contributed by atoms with E-state index in [0.29, 0.717) is 18.9 Å². The zero-order chi connectivity index (χ0) is 14.3. The van der Waals surface area contributed by atoms with E-state index < -0.39 is 11.9 Å².